The first-order valence-electron chi connectivity index (χ1n) is 12.8. The molecule has 2 aliphatic heterocycles. The van der Waals surface area contributed by atoms with E-state index >= 15 is 0 Å². The van der Waals surface area contributed by atoms with Crippen molar-refractivity contribution in [1.82, 2.24) is 4.90 Å². The maximum Gasteiger partial charge on any atom is 0.410 e. The van der Waals surface area contributed by atoms with Crippen LogP contribution < -0.4 is 10.5 Å². The van der Waals surface area contributed by atoms with Gasteiger partial charge >= 0.3 is 6.09 Å². The fourth-order valence-corrected chi connectivity index (χ4v) is 5.46. The summed E-state index contributed by atoms with van der Waals surface area (Å²) in [5.74, 6) is 0.293. The predicted molar refractivity (Wildman–Crippen MR) is 151 cm³/mol. The molecular weight excluding hydrogens is 528 g/mol. The fraction of sp³-hybridized carbons (Fsp3) is 0.448. The van der Waals surface area contributed by atoms with Crippen molar-refractivity contribution in [2.24, 2.45) is 10.9 Å². The van der Waals surface area contributed by atoms with Crippen LogP contribution in [-0.4, -0.2) is 41.9 Å². The second-order valence-electron chi connectivity index (χ2n) is 10.8. The smallest absolute Gasteiger partial charge is 0.410 e. The minimum absolute atomic E-state index is 0.00916. The van der Waals surface area contributed by atoms with Gasteiger partial charge in [-0.3, -0.25) is 4.99 Å². The normalized spacial score (nSPS) is 18.9. The van der Waals surface area contributed by atoms with Crippen LogP contribution in [0.5, 0.6) is 5.75 Å². The minimum atomic E-state index is -0.606. The van der Waals surface area contributed by atoms with E-state index in [-0.39, 0.29) is 17.2 Å². The van der Waals surface area contributed by atoms with Crippen LogP contribution in [0.1, 0.15) is 57.8 Å². The van der Waals surface area contributed by atoms with Crippen LogP contribution in [0.2, 0.25) is 10.0 Å². The molecule has 0 bridgehead atoms. The van der Waals surface area contributed by atoms with E-state index in [2.05, 4.69) is 6.08 Å². The summed E-state index contributed by atoms with van der Waals surface area (Å²) in [6.45, 7) is 8.73. The van der Waals surface area contributed by atoms with E-state index in [0.29, 0.717) is 47.5 Å². The van der Waals surface area contributed by atoms with E-state index in [1.807, 2.05) is 39.1 Å². The average molecular weight is 563 g/mol. The second-order valence-corrected chi connectivity index (χ2v) is 11.6. The lowest BCUT2D eigenvalue weighted by atomic mass is 9.89. The number of ether oxygens (including phenoxy) is 2. The number of allylic oxidation sites excluding steroid dienone is 1. The van der Waals surface area contributed by atoms with Crippen molar-refractivity contribution >= 4 is 41.2 Å². The van der Waals surface area contributed by atoms with Gasteiger partial charge in [-0.15, -0.1) is 0 Å². The Morgan fingerprint density at radius 2 is 1.92 bits per heavy atom. The molecular formula is C29H34Cl2FN3O3. The van der Waals surface area contributed by atoms with Crippen LogP contribution in [0.15, 0.2) is 47.0 Å². The van der Waals surface area contributed by atoms with E-state index in [4.69, 9.17) is 43.4 Å². The van der Waals surface area contributed by atoms with Gasteiger partial charge in [0.1, 0.15) is 23.3 Å². The van der Waals surface area contributed by atoms with Gasteiger partial charge < -0.3 is 20.1 Å². The predicted octanol–water partition coefficient (Wildman–Crippen LogP) is 7.42. The lowest BCUT2D eigenvalue weighted by molar-refractivity contribution is 0.0196. The van der Waals surface area contributed by atoms with Gasteiger partial charge in [-0.25, -0.2) is 9.18 Å². The first-order chi connectivity index (χ1) is 17.9. The lowest BCUT2D eigenvalue weighted by Crippen LogP contribution is -2.42. The van der Waals surface area contributed by atoms with E-state index in [0.717, 1.165) is 18.4 Å². The molecule has 2 aromatic rings. The van der Waals surface area contributed by atoms with Crippen molar-refractivity contribution in [3.05, 3.63) is 69.0 Å². The molecule has 38 heavy (non-hydrogen) atoms. The molecule has 0 saturated carbocycles. The molecule has 0 aliphatic carbocycles. The first-order valence-corrected chi connectivity index (χ1v) is 13.6. The van der Waals surface area contributed by atoms with Gasteiger partial charge in [0.25, 0.3) is 0 Å². The second kappa shape index (κ2) is 11.5. The molecule has 2 heterocycles. The number of hydrogen-bond acceptors (Lipinski definition) is 5. The highest BCUT2D eigenvalue weighted by Crippen LogP contribution is 2.37. The third-order valence-electron chi connectivity index (χ3n) is 6.73. The zero-order chi connectivity index (χ0) is 27.6. The molecule has 0 radical (unpaired) electrons. The van der Waals surface area contributed by atoms with Crippen LogP contribution >= 0.6 is 23.2 Å². The lowest BCUT2D eigenvalue weighted by Gasteiger charge is -2.33. The number of piperidine rings is 1. The van der Waals surface area contributed by atoms with Crippen molar-refractivity contribution < 1.29 is 18.7 Å². The van der Waals surface area contributed by atoms with Crippen molar-refractivity contribution in [3.63, 3.8) is 0 Å². The molecule has 6 nitrogen and oxygen atoms in total. The quantitative estimate of drug-likeness (QED) is 0.294. The van der Waals surface area contributed by atoms with Crippen LogP contribution in [0, 0.1) is 11.7 Å². The van der Waals surface area contributed by atoms with Crippen molar-refractivity contribution in [3.8, 4) is 5.75 Å². The molecule has 2 unspecified atom stereocenters. The third kappa shape index (κ3) is 6.80. The number of aliphatic imine (C=N–C) groups is 1. The number of rotatable bonds is 6. The molecule has 4 rings (SSSR count). The van der Waals surface area contributed by atoms with Gasteiger partial charge in [0, 0.05) is 29.9 Å². The van der Waals surface area contributed by atoms with Gasteiger partial charge in [0.15, 0.2) is 0 Å². The molecule has 2 N–H and O–H groups in total. The number of nitrogen functional groups attached to an aromatic ring is 1. The van der Waals surface area contributed by atoms with Gasteiger partial charge in [-0.1, -0.05) is 35.3 Å². The highest BCUT2D eigenvalue weighted by atomic mass is 35.5. The first kappa shape index (κ1) is 28.2. The summed E-state index contributed by atoms with van der Waals surface area (Å²) in [5, 5.41) is 0.267. The van der Waals surface area contributed by atoms with E-state index in [9.17, 15) is 9.18 Å². The summed E-state index contributed by atoms with van der Waals surface area (Å²) in [7, 11) is 0. The minimum Gasteiger partial charge on any atom is -0.484 e. The largest absolute Gasteiger partial charge is 0.484 e. The maximum absolute atomic E-state index is 14.0. The molecule has 2 aliphatic rings. The Kier molecular flexibility index (Phi) is 8.58. The molecule has 2 atom stereocenters. The molecule has 9 heteroatoms. The van der Waals surface area contributed by atoms with E-state index in [1.165, 1.54) is 17.7 Å². The number of nitrogens with two attached hydrogens (primary N) is 1. The maximum atomic E-state index is 14.0. The van der Waals surface area contributed by atoms with Crippen molar-refractivity contribution in [2.45, 2.75) is 64.7 Å². The Bertz CT molecular complexity index is 1250. The number of nitrogens with zero attached hydrogens (tertiary/aromatic N) is 2. The molecule has 1 saturated heterocycles. The summed E-state index contributed by atoms with van der Waals surface area (Å²) in [5.41, 5.74) is 8.75. The van der Waals surface area contributed by atoms with Gasteiger partial charge in [-0.05, 0) is 88.3 Å². The summed E-state index contributed by atoms with van der Waals surface area (Å²) >= 11 is 12.4. The van der Waals surface area contributed by atoms with Crippen LogP contribution in [0.3, 0.4) is 0 Å². The van der Waals surface area contributed by atoms with Gasteiger partial charge in [0.05, 0.1) is 16.8 Å². The fourth-order valence-electron chi connectivity index (χ4n) is 4.78. The number of amides is 1. The summed E-state index contributed by atoms with van der Waals surface area (Å²) < 4.78 is 25.6. The molecule has 2 aromatic carbocycles. The Morgan fingerprint density at radius 3 is 2.61 bits per heavy atom. The zero-order valence-corrected chi connectivity index (χ0v) is 23.7. The van der Waals surface area contributed by atoms with Crippen LogP contribution in [0.25, 0.3) is 0 Å². The third-order valence-corrected chi connectivity index (χ3v) is 7.44. The SMILES string of the molecule is CC(Oc1cc(CC2C=C(C3CCN(C(=O)OC(C)(C)C)CC3)C=N2)ccc1N)c1c(Cl)ccc(F)c1Cl. The van der Waals surface area contributed by atoms with Gasteiger partial charge in [-0.2, -0.15) is 0 Å². The van der Waals surface area contributed by atoms with Crippen LogP contribution in [-0.2, 0) is 11.2 Å². The molecule has 1 amide bonds. The summed E-state index contributed by atoms with van der Waals surface area (Å²) in [6.07, 6.45) is 5.76. The average Bonchev–Trinajstić information content (AvgIpc) is 3.31. The monoisotopic (exact) mass is 561 g/mol. The topological polar surface area (TPSA) is 77.1 Å². The van der Waals surface area contributed by atoms with Crippen molar-refractivity contribution in [1.29, 1.82) is 0 Å². The number of hydrogen-bond donors (Lipinski definition) is 1. The zero-order valence-electron chi connectivity index (χ0n) is 22.1. The summed E-state index contributed by atoms with van der Waals surface area (Å²) in [6, 6.07) is 8.33. The highest BCUT2D eigenvalue weighted by molar-refractivity contribution is 6.36. The van der Waals surface area contributed by atoms with Gasteiger partial charge in [0.2, 0.25) is 0 Å². The molecule has 0 spiro atoms. The number of benzene rings is 2. The Balaban J connectivity index is 1.37. The van der Waals surface area contributed by atoms with Crippen LogP contribution in [0.4, 0.5) is 14.9 Å². The Hall–Kier alpha value is -2.77. The molecule has 204 valence electrons. The Labute approximate surface area is 233 Å². The number of halogens is 3. The highest BCUT2D eigenvalue weighted by Gasteiger charge is 2.29. The number of anilines is 1. The number of carbonyl (C=O) groups is 1. The van der Waals surface area contributed by atoms with E-state index in [1.54, 1.807) is 17.9 Å². The molecule has 0 aromatic heterocycles. The summed E-state index contributed by atoms with van der Waals surface area (Å²) in [4.78, 5) is 18.9. The molecule has 1 fully saturated rings. The van der Waals surface area contributed by atoms with Crippen molar-refractivity contribution in [2.75, 3.05) is 18.8 Å². The Morgan fingerprint density at radius 1 is 1.21 bits per heavy atom. The number of carbonyl (C=O) groups excluding carboxylic acids is 1. The van der Waals surface area contributed by atoms with E-state index < -0.39 is 17.5 Å². The number of likely N-dealkylation sites (tertiary alicyclic amines) is 1. The standard InChI is InChI=1S/C29H34Cl2FN3O3/c1-17(26-22(30)6-7-23(32)27(26)31)37-25-14-18(5-8-24(25)33)13-21-15-20(16-34-21)19-9-11-35(12-10-19)28(36)38-29(2,3)4/h5-8,14-17,19,21H,9-13,33H2,1-4H3.